The lowest BCUT2D eigenvalue weighted by Crippen LogP contribution is -2.14. The van der Waals surface area contributed by atoms with Crippen LogP contribution in [0.5, 0.6) is 0 Å². The summed E-state index contributed by atoms with van der Waals surface area (Å²) in [5.41, 5.74) is 4.11. The fraction of sp³-hybridized carbons (Fsp3) is 0.0667. The second-order valence-electron chi connectivity index (χ2n) is 3.50. The molecule has 0 aromatic heterocycles. The first-order chi connectivity index (χ1) is 7.85. The quantitative estimate of drug-likeness (QED) is 0.735. The van der Waals surface area contributed by atoms with Crippen molar-refractivity contribution < 1.29 is 0 Å². The normalized spacial score (nSPS) is 18.0. The summed E-state index contributed by atoms with van der Waals surface area (Å²) in [5, 5.41) is 3.32. The average molecular weight is 207 g/mol. The molecular formula is C15H13N. The highest BCUT2D eigenvalue weighted by Gasteiger charge is 2.04. The zero-order valence-electron chi connectivity index (χ0n) is 9.09. The van der Waals surface area contributed by atoms with Crippen molar-refractivity contribution in [2.24, 2.45) is 0 Å². The molecule has 0 saturated heterocycles. The van der Waals surface area contributed by atoms with E-state index in [9.17, 15) is 0 Å². The van der Waals surface area contributed by atoms with E-state index in [0.29, 0.717) is 0 Å². The molecule has 1 aliphatic heterocycles. The van der Waals surface area contributed by atoms with Gasteiger partial charge < -0.3 is 5.32 Å². The van der Waals surface area contributed by atoms with Gasteiger partial charge in [0.2, 0.25) is 0 Å². The highest BCUT2D eigenvalue weighted by Crippen LogP contribution is 2.12. The molecule has 1 heteroatoms. The Morgan fingerprint density at radius 2 is 1.94 bits per heavy atom. The van der Waals surface area contributed by atoms with Crippen LogP contribution in [0.1, 0.15) is 11.1 Å². The third-order valence-corrected chi connectivity index (χ3v) is 2.52. The van der Waals surface area contributed by atoms with Crippen molar-refractivity contribution in [1.29, 1.82) is 0 Å². The molecule has 1 nitrogen and oxygen atoms in total. The van der Waals surface area contributed by atoms with Crippen LogP contribution in [0.3, 0.4) is 0 Å². The van der Waals surface area contributed by atoms with E-state index in [-0.39, 0.29) is 0 Å². The molecule has 1 heterocycles. The van der Waals surface area contributed by atoms with E-state index >= 15 is 0 Å². The molecule has 0 amide bonds. The van der Waals surface area contributed by atoms with Gasteiger partial charge in [-0.05, 0) is 17.7 Å². The third kappa shape index (κ3) is 1.92. The van der Waals surface area contributed by atoms with Gasteiger partial charge in [-0.1, -0.05) is 49.3 Å². The van der Waals surface area contributed by atoms with Crippen molar-refractivity contribution in [2.45, 2.75) is 6.54 Å². The van der Waals surface area contributed by atoms with Gasteiger partial charge in [0.1, 0.15) is 0 Å². The zero-order chi connectivity index (χ0) is 11.4. The van der Waals surface area contributed by atoms with E-state index in [1.54, 1.807) is 12.2 Å². The Morgan fingerprint density at radius 3 is 2.69 bits per heavy atom. The van der Waals surface area contributed by atoms with Gasteiger partial charge in [-0.2, -0.15) is 0 Å². The van der Waals surface area contributed by atoms with Crippen LogP contribution in [-0.2, 0) is 6.54 Å². The molecule has 0 spiro atoms. The predicted octanol–water partition coefficient (Wildman–Crippen LogP) is 2.77. The lowest BCUT2D eigenvalue weighted by atomic mass is 10.0. The van der Waals surface area contributed by atoms with E-state index in [2.05, 4.69) is 36.4 Å². The molecule has 78 valence electrons. The monoisotopic (exact) mass is 207 g/mol. The van der Waals surface area contributed by atoms with Gasteiger partial charge in [-0.25, -0.2) is 0 Å². The molecule has 0 fully saturated rings. The summed E-state index contributed by atoms with van der Waals surface area (Å²) in [6.45, 7) is 8.30. The number of hydrogen-bond acceptors (Lipinski definition) is 1. The van der Waals surface area contributed by atoms with Crippen molar-refractivity contribution in [3.8, 4) is 11.8 Å². The van der Waals surface area contributed by atoms with Crippen molar-refractivity contribution >= 4 is 0 Å². The number of allylic oxidation sites excluding steroid dienone is 3. The fourth-order valence-electron chi connectivity index (χ4n) is 1.63. The van der Waals surface area contributed by atoms with Crippen molar-refractivity contribution in [2.75, 3.05) is 0 Å². The maximum atomic E-state index is 3.77. The smallest absolute Gasteiger partial charge is 0.0495 e. The van der Waals surface area contributed by atoms with Gasteiger partial charge >= 0.3 is 0 Å². The lowest BCUT2D eigenvalue weighted by Gasteiger charge is -2.12. The van der Waals surface area contributed by atoms with Crippen molar-refractivity contribution in [1.82, 2.24) is 5.32 Å². The maximum absolute atomic E-state index is 3.77. The Kier molecular flexibility index (Phi) is 2.93. The average Bonchev–Trinajstić information content (AvgIpc) is 2.31. The minimum absolute atomic E-state index is 0.767. The summed E-state index contributed by atoms with van der Waals surface area (Å²) in [6.07, 6.45) is 3.53. The van der Waals surface area contributed by atoms with Crippen LogP contribution in [0.25, 0.3) is 0 Å². The second-order valence-corrected chi connectivity index (χ2v) is 3.50. The Labute approximate surface area is 96.2 Å². The molecule has 2 rings (SSSR count). The Bertz CT molecular complexity index is 524. The van der Waals surface area contributed by atoms with Gasteiger partial charge in [0.25, 0.3) is 0 Å². The summed E-state index contributed by atoms with van der Waals surface area (Å²) < 4.78 is 0. The molecule has 1 aliphatic rings. The van der Waals surface area contributed by atoms with Crippen LogP contribution in [0.4, 0.5) is 0 Å². The number of hydrogen-bond donors (Lipinski definition) is 1. The van der Waals surface area contributed by atoms with Gasteiger partial charge in [0, 0.05) is 23.4 Å². The summed E-state index contributed by atoms with van der Waals surface area (Å²) in [6, 6.07) is 8.14. The molecule has 0 aliphatic carbocycles. The highest BCUT2D eigenvalue weighted by molar-refractivity contribution is 5.52. The van der Waals surface area contributed by atoms with Crippen LogP contribution in [-0.4, -0.2) is 0 Å². The number of rotatable bonds is 2. The maximum Gasteiger partial charge on any atom is 0.0495 e. The first-order valence-corrected chi connectivity index (χ1v) is 5.18. The zero-order valence-corrected chi connectivity index (χ0v) is 9.09. The Balaban J connectivity index is 2.52. The van der Waals surface area contributed by atoms with Crippen LogP contribution < -0.4 is 5.32 Å². The standard InChI is InChI=1S/C15H13N/c1-3-12-9-10-13-7-5-6-8-14(13)11-16-15(12)4-2/h3-8,16H,1-2,11H2/b15-12-. The summed E-state index contributed by atoms with van der Waals surface area (Å²) >= 11 is 0. The molecular weight excluding hydrogens is 194 g/mol. The van der Waals surface area contributed by atoms with E-state index in [1.165, 1.54) is 5.56 Å². The highest BCUT2D eigenvalue weighted by atomic mass is 14.9. The number of benzene rings is 1. The van der Waals surface area contributed by atoms with Gasteiger partial charge in [-0.15, -0.1) is 0 Å². The first kappa shape index (κ1) is 10.3. The second kappa shape index (κ2) is 4.55. The molecule has 0 radical (unpaired) electrons. The van der Waals surface area contributed by atoms with Gasteiger partial charge in [0.05, 0.1) is 0 Å². The van der Waals surface area contributed by atoms with E-state index < -0.39 is 0 Å². The summed E-state index contributed by atoms with van der Waals surface area (Å²) in [5.74, 6) is 6.27. The SMILES string of the molecule is C=C/C1=C(\C=C)NCc2ccccc2C#C1. The number of nitrogens with one attached hydrogen (secondary N) is 1. The first-order valence-electron chi connectivity index (χ1n) is 5.18. The van der Waals surface area contributed by atoms with Gasteiger partial charge in [-0.3, -0.25) is 0 Å². The third-order valence-electron chi connectivity index (χ3n) is 2.52. The molecule has 1 N–H and O–H groups in total. The molecule has 0 atom stereocenters. The van der Waals surface area contributed by atoms with Crippen LogP contribution in [0, 0.1) is 11.8 Å². The lowest BCUT2D eigenvalue weighted by molar-refractivity contribution is 0.826. The fourth-order valence-corrected chi connectivity index (χ4v) is 1.63. The van der Waals surface area contributed by atoms with Gasteiger partial charge in [0.15, 0.2) is 0 Å². The molecule has 0 bridgehead atoms. The summed E-state index contributed by atoms with van der Waals surface area (Å²) in [4.78, 5) is 0. The van der Waals surface area contributed by atoms with E-state index in [4.69, 9.17) is 0 Å². The van der Waals surface area contributed by atoms with Crippen molar-refractivity contribution in [3.05, 3.63) is 72.0 Å². The van der Waals surface area contributed by atoms with E-state index in [1.807, 2.05) is 18.2 Å². The molecule has 1 aromatic rings. The summed E-state index contributed by atoms with van der Waals surface area (Å²) in [7, 11) is 0. The Hall–Kier alpha value is -2.20. The predicted molar refractivity (Wildman–Crippen MR) is 67.6 cm³/mol. The molecule has 16 heavy (non-hydrogen) atoms. The van der Waals surface area contributed by atoms with Crippen LogP contribution in [0.15, 0.2) is 60.8 Å². The molecule has 0 unspecified atom stereocenters. The largest absolute Gasteiger partial charge is 0.380 e. The topological polar surface area (TPSA) is 12.0 Å². The minimum atomic E-state index is 0.767. The molecule has 1 aromatic carbocycles. The van der Waals surface area contributed by atoms with Crippen LogP contribution >= 0.6 is 0 Å². The van der Waals surface area contributed by atoms with Crippen molar-refractivity contribution in [3.63, 3.8) is 0 Å². The molecule has 0 saturated carbocycles. The van der Waals surface area contributed by atoms with E-state index in [0.717, 1.165) is 23.4 Å². The number of fused-ring (bicyclic) bond motifs is 1. The van der Waals surface area contributed by atoms with Crippen LogP contribution in [0.2, 0.25) is 0 Å². The minimum Gasteiger partial charge on any atom is -0.380 e. The Morgan fingerprint density at radius 1 is 1.12 bits per heavy atom.